The largest absolute Gasteiger partial charge is 0.348 e. The molecule has 1 aliphatic heterocycles. The van der Waals surface area contributed by atoms with Crippen molar-refractivity contribution in [2.75, 3.05) is 13.1 Å². The second-order valence-corrected chi connectivity index (χ2v) is 8.18. The minimum absolute atomic E-state index is 0. The van der Waals surface area contributed by atoms with Crippen LogP contribution in [0.3, 0.4) is 0 Å². The molecule has 2 aliphatic rings. The zero-order chi connectivity index (χ0) is 16.4. The molecule has 1 aliphatic carbocycles. The van der Waals surface area contributed by atoms with Gasteiger partial charge in [0.15, 0.2) is 0 Å². The van der Waals surface area contributed by atoms with Gasteiger partial charge in [-0.3, -0.25) is 4.79 Å². The van der Waals surface area contributed by atoms with Crippen LogP contribution in [0.5, 0.6) is 0 Å². The van der Waals surface area contributed by atoms with Crippen molar-refractivity contribution in [3.05, 3.63) is 29.8 Å². The van der Waals surface area contributed by atoms with E-state index < -0.39 is 10.0 Å². The van der Waals surface area contributed by atoms with Crippen LogP contribution in [0.2, 0.25) is 0 Å². The van der Waals surface area contributed by atoms with Crippen LogP contribution in [0.1, 0.15) is 36.5 Å². The summed E-state index contributed by atoms with van der Waals surface area (Å²) in [5, 5.41) is 6.29. The quantitative estimate of drug-likeness (QED) is 0.725. The number of hydrogen-bond acceptors (Lipinski definition) is 4. The van der Waals surface area contributed by atoms with Crippen LogP contribution >= 0.6 is 12.4 Å². The highest BCUT2D eigenvalue weighted by Crippen LogP contribution is 2.22. The zero-order valence-electron chi connectivity index (χ0n) is 13.6. The van der Waals surface area contributed by atoms with E-state index >= 15 is 0 Å². The number of piperidine rings is 1. The summed E-state index contributed by atoms with van der Waals surface area (Å²) in [6, 6.07) is 6.29. The van der Waals surface area contributed by atoms with Crippen LogP contribution in [-0.4, -0.2) is 39.5 Å². The highest BCUT2D eigenvalue weighted by atomic mass is 35.5. The topological polar surface area (TPSA) is 87.3 Å². The van der Waals surface area contributed by atoms with Crippen molar-refractivity contribution in [2.24, 2.45) is 5.92 Å². The molecule has 0 spiro atoms. The number of carbonyl (C=O) groups excluding carboxylic acids is 1. The van der Waals surface area contributed by atoms with E-state index in [1.807, 2.05) is 0 Å². The summed E-state index contributed by atoms with van der Waals surface area (Å²) in [6.07, 6.45) is 2.83. The van der Waals surface area contributed by atoms with Crippen molar-refractivity contribution in [3.63, 3.8) is 0 Å². The van der Waals surface area contributed by atoms with E-state index in [1.165, 1.54) is 12.1 Å². The number of amides is 1. The lowest BCUT2D eigenvalue weighted by Crippen LogP contribution is -2.50. The van der Waals surface area contributed by atoms with Crippen LogP contribution in [-0.2, 0) is 10.0 Å². The number of rotatable bonds is 5. The van der Waals surface area contributed by atoms with Crippen molar-refractivity contribution in [1.29, 1.82) is 0 Å². The Labute approximate surface area is 149 Å². The molecule has 2 fully saturated rings. The summed E-state index contributed by atoms with van der Waals surface area (Å²) in [4.78, 5) is 12.5. The summed E-state index contributed by atoms with van der Waals surface area (Å²) in [5.41, 5.74) is 0.480. The Morgan fingerprint density at radius 1 is 1.17 bits per heavy atom. The third-order valence-electron chi connectivity index (χ3n) is 4.47. The van der Waals surface area contributed by atoms with Crippen molar-refractivity contribution in [1.82, 2.24) is 15.4 Å². The molecule has 2 unspecified atom stereocenters. The number of sulfonamides is 1. The highest BCUT2D eigenvalue weighted by molar-refractivity contribution is 7.89. The van der Waals surface area contributed by atoms with Gasteiger partial charge in [-0.05, 0) is 56.0 Å². The maximum Gasteiger partial charge on any atom is 0.251 e. The lowest BCUT2D eigenvalue weighted by Gasteiger charge is -2.30. The van der Waals surface area contributed by atoms with Gasteiger partial charge in [0, 0.05) is 24.2 Å². The molecular weight excluding hydrogens is 350 g/mol. The molecule has 1 amide bonds. The zero-order valence-corrected chi connectivity index (χ0v) is 15.3. The van der Waals surface area contributed by atoms with Crippen LogP contribution in [0, 0.1) is 5.92 Å². The van der Waals surface area contributed by atoms with E-state index in [2.05, 4.69) is 22.3 Å². The van der Waals surface area contributed by atoms with Gasteiger partial charge in [-0.2, -0.15) is 0 Å². The van der Waals surface area contributed by atoms with Gasteiger partial charge in [-0.1, -0.05) is 6.92 Å². The normalized spacial score (nSPS) is 24.0. The maximum atomic E-state index is 12.3. The predicted octanol–water partition coefficient (Wildman–Crippen LogP) is 1.28. The summed E-state index contributed by atoms with van der Waals surface area (Å²) < 4.78 is 26.8. The van der Waals surface area contributed by atoms with E-state index in [9.17, 15) is 13.2 Å². The van der Waals surface area contributed by atoms with Crippen molar-refractivity contribution >= 4 is 28.3 Å². The van der Waals surface area contributed by atoms with Gasteiger partial charge in [0.25, 0.3) is 5.91 Å². The van der Waals surface area contributed by atoms with Gasteiger partial charge in [0.1, 0.15) is 0 Å². The fourth-order valence-corrected chi connectivity index (χ4v) is 4.01. The molecule has 3 rings (SSSR count). The molecule has 8 heteroatoms. The molecule has 134 valence electrons. The first-order valence-corrected chi connectivity index (χ1v) is 9.58. The maximum absolute atomic E-state index is 12.3. The molecule has 24 heavy (non-hydrogen) atoms. The van der Waals surface area contributed by atoms with Gasteiger partial charge in [-0.25, -0.2) is 13.1 Å². The Kier molecular flexibility index (Phi) is 6.25. The second-order valence-electron chi connectivity index (χ2n) is 6.47. The fourth-order valence-electron chi connectivity index (χ4n) is 2.71. The lowest BCUT2D eigenvalue weighted by molar-refractivity contribution is 0.0915. The molecule has 0 aromatic heterocycles. The molecule has 0 bridgehead atoms. The predicted molar refractivity (Wildman–Crippen MR) is 94.9 cm³/mol. The minimum atomic E-state index is -3.47. The Hall–Kier alpha value is -1.15. The third-order valence-corrected chi connectivity index (χ3v) is 6.01. The molecule has 1 heterocycles. The number of carbonyl (C=O) groups is 1. The molecule has 1 aromatic carbocycles. The average molecular weight is 374 g/mol. The lowest BCUT2D eigenvalue weighted by atomic mass is 9.94. The monoisotopic (exact) mass is 373 g/mol. The van der Waals surface area contributed by atoms with Crippen molar-refractivity contribution in [3.8, 4) is 0 Å². The smallest absolute Gasteiger partial charge is 0.251 e. The van der Waals surface area contributed by atoms with E-state index in [0.29, 0.717) is 11.5 Å². The minimum Gasteiger partial charge on any atom is -0.348 e. The number of nitrogens with one attached hydrogen (secondary N) is 3. The summed E-state index contributed by atoms with van der Waals surface area (Å²) >= 11 is 0. The second kappa shape index (κ2) is 7.82. The van der Waals surface area contributed by atoms with Crippen LogP contribution in [0.25, 0.3) is 0 Å². The van der Waals surface area contributed by atoms with Crippen LogP contribution < -0.4 is 15.4 Å². The summed E-state index contributed by atoms with van der Waals surface area (Å²) in [5.74, 6) is 0.271. The van der Waals surface area contributed by atoms with E-state index in [-0.39, 0.29) is 35.3 Å². The van der Waals surface area contributed by atoms with Gasteiger partial charge < -0.3 is 10.6 Å². The first kappa shape index (κ1) is 19.2. The Balaban J connectivity index is 0.00000208. The van der Waals surface area contributed by atoms with E-state index in [0.717, 1.165) is 32.4 Å². The highest BCUT2D eigenvalue weighted by Gasteiger charge is 2.28. The molecule has 3 N–H and O–H groups in total. The standard InChI is InChI=1S/C16H23N3O3S.ClH/c1-11-8-9-17-10-15(11)18-16(20)12-2-6-14(7-3-12)23(21,22)19-13-4-5-13;/h2-3,6-7,11,13,15,17,19H,4-5,8-10H2,1H3,(H,18,20);1H. The Morgan fingerprint density at radius 2 is 1.83 bits per heavy atom. The fraction of sp³-hybridized carbons (Fsp3) is 0.562. The number of halogens is 1. The van der Waals surface area contributed by atoms with Crippen LogP contribution in [0.15, 0.2) is 29.2 Å². The van der Waals surface area contributed by atoms with Gasteiger partial charge in [0.05, 0.1) is 4.90 Å². The molecule has 6 nitrogen and oxygen atoms in total. The van der Waals surface area contributed by atoms with E-state index in [1.54, 1.807) is 12.1 Å². The average Bonchev–Trinajstić information content (AvgIpc) is 3.33. The SMILES string of the molecule is CC1CCNCC1NC(=O)c1ccc(S(=O)(=O)NC2CC2)cc1.Cl. The first-order valence-electron chi connectivity index (χ1n) is 8.10. The molecular formula is C16H24ClN3O3S. The third kappa shape index (κ3) is 4.69. The molecule has 2 atom stereocenters. The number of hydrogen-bond donors (Lipinski definition) is 3. The summed E-state index contributed by atoms with van der Waals surface area (Å²) in [6.45, 7) is 3.88. The van der Waals surface area contributed by atoms with Gasteiger partial charge in [-0.15, -0.1) is 12.4 Å². The van der Waals surface area contributed by atoms with Crippen LogP contribution in [0.4, 0.5) is 0 Å². The molecule has 0 radical (unpaired) electrons. The van der Waals surface area contributed by atoms with Gasteiger partial charge in [0.2, 0.25) is 10.0 Å². The van der Waals surface area contributed by atoms with Crippen molar-refractivity contribution in [2.45, 2.75) is 43.2 Å². The van der Waals surface area contributed by atoms with Gasteiger partial charge >= 0.3 is 0 Å². The first-order chi connectivity index (χ1) is 11.0. The molecule has 1 aromatic rings. The molecule has 1 saturated heterocycles. The Bertz CT molecular complexity index is 674. The Morgan fingerprint density at radius 3 is 2.42 bits per heavy atom. The summed E-state index contributed by atoms with van der Waals surface area (Å²) in [7, 11) is -3.47. The van der Waals surface area contributed by atoms with E-state index in [4.69, 9.17) is 0 Å². The number of benzene rings is 1. The van der Waals surface area contributed by atoms with Crippen molar-refractivity contribution < 1.29 is 13.2 Å². The molecule has 1 saturated carbocycles.